The monoisotopic (exact) mass is 201 g/mol. The van der Waals surface area contributed by atoms with E-state index < -0.39 is 0 Å². The minimum atomic E-state index is 0.521. The van der Waals surface area contributed by atoms with E-state index in [4.69, 9.17) is 0 Å². The molecule has 0 N–H and O–H groups in total. The van der Waals surface area contributed by atoms with E-state index in [1.54, 1.807) is 0 Å². The van der Waals surface area contributed by atoms with Gasteiger partial charge in [0.15, 0.2) is 0 Å². The zero-order chi connectivity index (χ0) is 10.7. The number of para-hydroxylation sites is 1. The highest BCUT2D eigenvalue weighted by Gasteiger charge is 2.22. The maximum atomic E-state index is 10.6. The first-order valence-electron chi connectivity index (χ1n) is 5.61. The molecule has 78 valence electrons. The van der Waals surface area contributed by atoms with Gasteiger partial charge in [0, 0.05) is 12.2 Å². The highest BCUT2D eigenvalue weighted by molar-refractivity contribution is 6.70. The summed E-state index contributed by atoms with van der Waals surface area (Å²) in [5.41, 5.74) is 2.63. The van der Waals surface area contributed by atoms with Crippen LogP contribution in [-0.2, 0) is 11.2 Å². The predicted molar refractivity (Wildman–Crippen MR) is 65.2 cm³/mol. The van der Waals surface area contributed by atoms with E-state index in [-0.39, 0.29) is 0 Å². The Bertz CT molecular complexity index is 353. The van der Waals surface area contributed by atoms with Crippen molar-refractivity contribution in [3.8, 4) is 0 Å². The smallest absolute Gasteiger partial charge is 0.310 e. The van der Waals surface area contributed by atoms with E-state index >= 15 is 0 Å². The molecule has 0 aliphatic carbocycles. The second kappa shape index (κ2) is 4.52. The SMILES string of the molecule is CC[C@H]1Cc2ccccc2N(BC=O)C1. The molecule has 0 radical (unpaired) electrons. The third kappa shape index (κ3) is 2.06. The number of carbonyl (C=O) groups excluding carboxylic acids is 1. The van der Waals surface area contributed by atoms with Crippen LogP contribution in [0.15, 0.2) is 24.3 Å². The van der Waals surface area contributed by atoms with Crippen molar-refractivity contribution in [3.05, 3.63) is 29.8 Å². The molecule has 15 heavy (non-hydrogen) atoms. The molecule has 0 aromatic heterocycles. The Hall–Kier alpha value is -1.25. The minimum absolute atomic E-state index is 0.521. The van der Waals surface area contributed by atoms with Crippen LogP contribution in [-0.4, -0.2) is 20.1 Å². The second-order valence-corrected chi connectivity index (χ2v) is 4.18. The average molecular weight is 201 g/mol. The lowest BCUT2D eigenvalue weighted by molar-refractivity contribution is 0.503. The number of benzene rings is 1. The zero-order valence-corrected chi connectivity index (χ0v) is 9.15. The van der Waals surface area contributed by atoms with Gasteiger partial charge in [0.25, 0.3) is 0 Å². The molecule has 2 nitrogen and oxygen atoms in total. The van der Waals surface area contributed by atoms with Gasteiger partial charge in [-0.05, 0) is 24.0 Å². The summed E-state index contributed by atoms with van der Waals surface area (Å²) in [4.78, 5) is 12.8. The third-order valence-corrected chi connectivity index (χ3v) is 3.19. The van der Waals surface area contributed by atoms with E-state index in [2.05, 4.69) is 29.9 Å². The fourth-order valence-electron chi connectivity index (χ4n) is 2.31. The molecule has 1 aliphatic heterocycles. The molecule has 0 amide bonds. The first kappa shape index (κ1) is 10.3. The van der Waals surface area contributed by atoms with Gasteiger partial charge < -0.3 is 9.61 Å². The van der Waals surface area contributed by atoms with Crippen LogP contribution in [0.5, 0.6) is 0 Å². The van der Waals surface area contributed by atoms with E-state index in [0.717, 1.165) is 19.2 Å². The van der Waals surface area contributed by atoms with Crippen LogP contribution in [0.1, 0.15) is 18.9 Å². The van der Waals surface area contributed by atoms with Crippen molar-refractivity contribution in [2.24, 2.45) is 5.92 Å². The van der Waals surface area contributed by atoms with Crippen LogP contribution in [0.25, 0.3) is 0 Å². The van der Waals surface area contributed by atoms with Gasteiger partial charge in [-0.15, -0.1) is 0 Å². The molecule has 0 bridgehead atoms. The van der Waals surface area contributed by atoms with Crippen molar-refractivity contribution in [1.82, 2.24) is 0 Å². The van der Waals surface area contributed by atoms with Gasteiger partial charge in [-0.3, -0.25) is 0 Å². The average Bonchev–Trinajstić information content (AvgIpc) is 2.29. The molecule has 1 aliphatic rings. The maximum absolute atomic E-state index is 10.6. The summed E-state index contributed by atoms with van der Waals surface area (Å²) in [6, 6.07) is 8.42. The summed E-state index contributed by atoms with van der Waals surface area (Å²) in [7, 11) is 0.521. The second-order valence-electron chi connectivity index (χ2n) is 4.18. The molecular weight excluding hydrogens is 185 g/mol. The van der Waals surface area contributed by atoms with E-state index in [1.807, 2.05) is 6.07 Å². The molecule has 2 rings (SSSR count). The van der Waals surface area contributed by atoms with Crippen LogP contribution in [0.3, 0.4) is 0 Å². The number of fused-ring (bicyclic) bond motifs is 1. The molecular formula is C12H16BNO. The van der Waals surface area contributed by atoms with Crippen LogP contribution < -0.4 is 4.81 Å². The van der Waals surface area contributed by atoms with Crippen molar-refractivity contribution < 1.29 is 4.79 Å². The van der Waals surface area contributed by atoms with Crippen molar-refractivity contribution in [1.29, 1.82) is 0 Å². The van der Waals surface area contributed by atoms with Gasteiger partial charge in [0.05, 0.1) is 0 Å². The summed E-state index contributed by atoms with van der Waals surface area (Å²) in [6.45, 7) is 3.24. The molecule has 0 fully saturated rings. The number of nitrogens with zero attached hydrogens (tertiary/aromatic N) is 1. The lowest BCUT2D eigenvalue weighted by Gasteiger charge is -2.34. The minimum Gasteiger partial charge on any atom is -0.411 e. The lowest BCUT2D eigenvalue weighted by atomic mass is 9.83. The maximum Gasteiger partial charge on any atom is 0.310 e. The molecule has 1 aromatic carbocycles. The Morgan fingerprint density at radius 1 is 1.53 bits per heavy atom. The highest BCUT2D eigenvalue weighted by atomic mass is 16.1. The van der Waals surface area contributed by atoms with Gasteiger partial charge in [-0.25, -0.2) is 0 Å². The molecule has 0 saturated heterocycles. The van der Waals surface area contributed by atoms with Crippen molar-refractivity contribution in [3.63, 3.8) is 0 Å². The van der Waals surface area contributed by atoms with Crippen LogP contribution in [0.4, 0.5) is 5.69 Å². The largest absolute Gasteiger partial charge is 0.411 e. The Kier molecular flexibility index (Phi) is 3.09. The Morgan fingerprint density at radius 2 is 2.33 bits per heavy atom. The normalized spacial score (nSPS) is 19.5. The van der Waals surface area contributed by atoms with Crippen LogP contribution in [0.2, 0.25) is 0 Å². The standard InChI is InChI=1S/C12H16BNO/c1-2-10-7-11-5-3-4-6-12(11)14(8-10)13-9-15/h3-6,9-10,13H,2,7-8H2,1H3/t10-/m0/s1. The summed E-state index contributed by atoms with van der Waals surface area (Å²) < 4.78 is 0. The zero-order valence-electron chi connectivity index (χ0n) is 9.15. The molecule has 0 unspecified atom stereocenters. The Morgan fingerprint density at radius 3 is 3.07 bits per heavy atom. The van der Waals surface area contributed by atoms with E-state index in [9.17, 15) is 4.79 Å². The van der Waals surface area contributed by atoms with E-state index in [0.29, 0.717) is 13.3 Å². The number of hydrogen-bond acceptors (Lipinski definition) is 2. The van der Waals surface area contributed by atoms with Gasteiger partial charge in [0.1, 0.15) is 6.19 Å². The van der Waals surface area contributed by atoms with Gasteiger partial charge in [0.2, 0.25) is 0 Å². The molecule has 0 spiro atoms. The molecule has 3 heteroatoms. The highest BCUT2D eigenvalue weighted by Crippen LogP contribution is 2.29. The van der Waals surface area contributed by atoms with Crippen molar-refractivity contribution >= 4 is 19.3 Å². The number of hydrogen-bond donors (Lipinski definition) is 0. The summed E-state index contributed by atoms with van der Waals surface area (Å²) in [5.74, 6) is 0.694. The van der Waals surface area contributed by atoms with Crippen molar-refractivity contribution in [2.45, 2.75) is 19.8 Å². The Labute approximate surface area is 91.5 Å². The topological polar surface area (TPSA) is 20.3 Å². The molecule has 1 aromatic rings. The fraction of sp³-hybridized carbons (Fsp3) is 0.417. The summed E-state index contributed by atoms with van der Waals surface area (Å²) in [6.07, 6.45) is 3.33. The fourth-order valence-corrected chi connectivity index (χ4v) is 2.31. The van der Waals surface area contributed by atoms with Crippen molar-refractivity contribution in [2.75, 3.05) is 11.4 Å². The molecule has 1 heterocycles. The van der Waals surface area contributed by atoms with Gasteiger partial charge >= 0.3 is 7.41 Å². The molecule has 0 saturated carbocycles. The van der Waals surface area contributed by atoms with Gasteiger partial charge in [-0.1, -0.05) is 31.5 Å². The summed E-state index contributed by atoms with van der Waals surface area (Å²) >= 11 is 0. The number of carbonyl (C=O) groups is 1. The Balaban J connectivity index is 2.29. The van der Waals surface area contributed by atoms with Gasteiger partial charge in [-0.2, -0.15) is 0 Å². The van der Waals surface area contributed by atoms with E-state index in [1.165, 1.54) is 17.7 Å². The predicted octanol–water partition coefficient (Wildman–Crippen LogP) is 1.62. The lowest BCUT2D eigenvalue weighted by Crippen LogP contribution is -2.38. The number of rotatable bonds is 3. The summed E-state index contributed by atoms with van der Waals surface area (Å²) in [5, 5.41) is 0. The van der Waals surface area contributed by atoms with Crippen LogP contribution in [0, 0.1) is 5.92 Å². The first-order chi connectivity index (χ1) is 7.35. The quantitative estimate of drug-likeness (QED) is 0.547. The molecule has 1 atom stereocenters. The third-order valence-electron chi connectivity index (χ3n) is 3.19. The number of anilines is 1. The van der Waals surface area contributed by atoms with Crippen LogP contribution >= 0.6 is 0 Å². The first-order valence-corrected chi connectivity index (χ1v) is 5.61.